The zero-order chi connectivity index (χ0) is 13.7. The minimum absolute atomic E-state index is 0.105. The molecule has 0 spiro atoms. The van der Waals surface area contributed by atoms with Crippen LogP contribution in [-0.4, -0.2) is 26.0 Å². The molecule has 106 valence electrons. The zero-order valence-electron chi connectivity index (χ0n) is 11.1. The average Bonchev–Trinajstić information content (AvgIpc) is 3.01. The van der Waals surface area contributed by atoms with Crippen LogP contribution in [0.25, 0.3) is 11.2 Å². The maximum atomic E-state index is 11.8. The number of aromatic amines is 2. The summed E-state index contributed by atoms with van der Waals surface area (Å²) in [6.45, 7) is 0. The van der Waals surface area contributed by atoms with Crippen molar-refractivity contribution in [3.8, 4) is 0 Å². The Morgan fingerprint density at radius 2 is 2.00 bits per heavy atom. The van der Waals surface area contributed by atoms with Gasteiger partial charge in [-0.1, -0.05) is 12.8 Å². The van der Waals surface area contributed by atoms with Crippen LogP contribution in [0.5, 0.6) is 0 Å². The minimum Gasteiger partial charge on any atom is -0.369 e. The molecule has 7 nitrogen and oxygen atoms in total. The van der Waals surface area contributed by atoms with Crippen molar-refractivity contribution in [1.82, 2.24) is 25.3 Å². The normalized spacial score (nSPS) is 29.7. The molecular weight excluding hydrogens is 256 g/mol. The number of nitrogens with two attached hydrogens (primary N) is 1. The van der Waals surface area contributed by atoms with Crippen LogP contribution in [0.4, 0.5) is 5.95 Å². The van der Waals surface area contributed by atoms with Gasteiger partial charge in [0.15, 0.2) is 11.2 Å². The minimum atomic E-state index is -0.262. The van der Waals surface area contributed by atoms with Crippen LogP contribution in [0.3, 0.4) is 0 Å². The Kier molecular flexibility index (Phi) is 2.56. The van der Waals surface area contributed by atoms with Gasteiger partial charge >= 0.3 is 0 Å². The van der Waals surface area contributed by atoms with Crippen molar-refractivity contribution >= 4 is 17.1 Å². The average molecular weight is 274 g/mol. The number of nitrogens with one attached hydrogen (secondary N) is 3. The number of nitrogen functional groups attached to an aromatic ring is 1. The molecule has 3 unspecified atom stereocenters. The molecule has 20 heavy (non-hydrogen) atoms. The molecule has 3 heterocycles. The second kappa shape index (κ2) is 4.31. The van der Waals surface area contributed by atoms with Gasteiger partial charge in [0.05, 0.1) is 6.04 Å². The fourth-order valence-electron chi connectivity index (χ4n) is 3.64. The van der Waals surface area contributed by atoms with Gasteiger partial charge < -0.3 is 16.0 Å². The summed E-state index contributed by atoms with van der Waals surface area (Å²) in [6.07, 6.45) is 6.25. The molecule has 0 amide bonds. The molecule has 2 aromatic rings. The molecular formula is C13H18N6O. The number of hydrogen-bond donors (Lipinski definition) is 4. The Balaban J connectivity index is 1.69. The Morgan fingerprint density at radius 3 is 2.85 bits per heavy atom. The van der Waals surface area contributed by atoms with Crippen LogP contribution in [-0.2, 0) is 0 Å². The highest BCUT2D eigenvalue weighted by Crippen LogP contribution is 2.38. The highest BCUT2D eigenvalue weighted by atomic mass is 16.1. The Morgan fingerprint density at radius 1 is 1.15 bits per heavy atom. The van der Waals surface area contributed by atoms with E-state index in [9.17, 15) is 4.79 Å². The Bertz CT molecular complexity index is 690. The van der Waals surface area contributed by atoms with Gasteiger partial charge in [-0.05, 0) is 25.2 Å². The van der Waals surface area contributed by atoms with Crippen molar-refractivity contribution < 1.29 is 0 Å². The zero-order valence-corrected chi connectivity index (χ0v) is 11.1. The quantitative estimate of drug-likeness (QED) is 0.615. The molecule has 2 aliphatic rings. The number of anilines is 1. The maximum Gasteiger partial charge on any atom is 0.278 e. The van der Waals surface area contributed by atoms with Crippen LogP contribution in [0, 0.1) is 5.92 Å². The lowest BCUT2D eigenvalue weighted by Crippen LogP contribution is -2.30. The summed E-state index contributed by atoms with van der Waals surface area (Å²) in [6, 6.07) is 0.788. The Labute approximate surface area is 115 Å². The molecule has 4 rings (SSSR count). The summed E-state index contributed by atoms with van der Waals surface area (Å²) in [5.74, 6) is 1.64. The van der Waals surface area contributed by atoms with Gasteiger partial charge in [0.1, 0.15) is 5.82 Å². The third-order valence-electron chi connectivity index (χ3n) is 4.59. The van der Waals surface area contributed by atoms with Gasteiger partial charge in [0, 0.05) is 6.04 Å². The van der Waals surface area contributed by atoms with Crippen LogP contribution in [0.2, 0.25) is 0 Å². The van der Waals surface area contributed by atoms with Crippen molar-refractivity contribution in [3.05, 3.63) is 16.2 Å². The molecule has 0 radical (unpaired) electrons. The summed E-state index contributed by atoms with van der Waals surface area (Å²) in [4.78, 5) is 25.9. The first kappa shape index (κ1) is 11.9. The number of fused-ring (bicyclic) bond motifs is 2. The number of aromatic nitrogens is 4. The van der Waals surface area contributed by atoms with Crippen LogP contribution >= 0.6 is 0 Å². The summed E-state index contributed by atoms with van der Waals surface area (Å²) in [5, 5.41) is 3.64. The molecule has 0 aromatic carbocycles. The number of H-pyrrole nitrogens is 2. The maximum absolute atomic E-state index is 11.8. The van der Waals surface area contributed by atoms with Crippen LogP contribution in [0.15, 0.2) is 4.79 Å². The van der Waals surface area contributed by atoms with E-state index in [1.165, 1.54) is 25.7 Å². The van der Waals surface area contributed by atoms with E-state index in [4.69, 9.17) is 5.73 Å². The molecule has 1 saturated carbocycles. The third kappa shape index (κ3) is 1.81. The molecule has 3 atom stereocenters. The molecule has 7 heteroatoms. The summed E-state index contributed by atoms with van der Waals surface area (Å²) >= 11 is 0. The predicted molar refractivity (Wildman–Crippen MR) is 75.2 cm³/mol. The van der Waals surface area contributed by atoms with E-state index in [-0.39, 0.29) is 17.5 Å². The first-order valence-electron chi connectivity index (χ1n) is 7.22. The van der Waals surface area contributed by atoms with Crippen molar-refractivity contribution in [2.75, 3.05) is 5.73 Å². The Hall–Kier alpha value is -1.89. The molecule has 2 aromatic heterocycles. The van der Waals surface area contributed by atoms with Gasteiger partial charge in [-0.25, -0.2) is 4.98 Å². The number of rotatable bonds is 1. The molecule has 0 bridgehead atoms. The van der Waals surface area contributed by atoms with E-state index in [1.54, 1.807) is 0 Å². The highest BCUT2D eigenvalue weighted by Gasteiger charge is 2.37. The lowest BCUT2D eigenvalue weighted by molar-refractivity contribution is 0.325. The second-order valence-corrected chi connectivity index (χ2v) is 5.88. The molecule has 1 saturated heterocycles. The smallest absolute Gasteiger partial charge is 0.278 e. The number of imidazole rings is 1. The van der Waals surface area contributed by atoms with E-state index in [2.05, 4.69) is 25.3 Å². The van der Waals surface area contributed by atoms with Gasteiger partial charge in [0.2, 0.25) is 5.95 Å². The fourth-order valence-corrected chi connectivity index (χ4v) is 3.64. The molecule has 5 N–H and O–H groups in total. The largest absolute Gasteiger partial charge is 0.369 e. The SMILES string of the molecule is Nc1nc2nc(C3CC4CCCCC4N3)[nH]c2c(=O)[nH]1. The molecule has 1 aliphatic carbocycles. The van der Waals surface area contributed by atoms with Gasteiger partial charge in [0.25, 0.3) is 5.56 Å². The monoisotopic (exact) mass is 274 g/mol. The lowest BCUT2D eigenvalue weighted by atomic mass is 9.85. The van der Waals surface area contributed by atoms with E-state index in [0.717, 1.165) is 18.2 Å². The highest BCUT2D eigenvalue weighted by molar-refractivity contribution is 5.70. The fraction of sp³-hybridized carbons (Fsp3) is 0.615. The number of nitrogens with zero attached hydrogens (tertiary/aromatic N) is 2. The summed E-state index contributed by atoms with van der Waals surface area (Å²) in [5.41, 5.74) is 6.09. The van der Waals surface area contributed by atoms with Crippen molar-refractivity contribution in [2.45, 2.75) is 44.2 Å². The van der Waals surface area contributed by atoms with Crippen molar-refractivity contribution in [3.63, 3.8) is 0 Å². The van der Waals surface area contributed by atoms with E-state index < -0.39 is 0 Å². The van der Waals surface area contributed by atoms with Gasteiger partial charge in [-0.3, -0.25) is 9.78 Å². The van der Waals surface area contributed by atoms with E-state index >= 15 is 0 Å². The van der Waals surface area contributed by atoms with Crippen LogP contribution < -0.4 is 16.6 Å². The van der Waals surface area contributed by atoms with Crippen LogP contribution in [0.1, 0.15) is 44.0 Å². The standard InChI is InChI=1S/C13H18N6O/c14-13-18-11-9(12(20)19-13)16-10(17-11)8-5-6-3-1-2-4-7(6)15-8/h6-8,15H,1-5H2,(H4,14,16,17,18,19,20). The lowest BCUT2D eigenvalue weighted by Gasteiger charge is -2.24. The summed E-state index contributed by atoms with van der Waals surface area (Å²) < 4.78 is 0. The summed E-state index contributed by atoms with van der Waals surface area (Å²) in [7, 11) is 0. The van der Waals surface area contributed by atoms with E-state index in [1.807, 2.05) is 0 Å². The number of hydrogen-bond acceptors (Lipinski definition) is 5. The third-order valence-corrected chi connectivity index (χ3v) is 4.59. The second-order valence-electron chi connectivity index (χ2n) is 5.88. The first-order chi connectivity index (χ1) is 9.70. The molecule has 1 aliphatic heterocycles. The predicted octanol–water partition coefficient (Wildman–Crippen LogP) is 0.822. The van der Waals surface area contributed by atoms with Gasteiger partial charge in [-0.15, -0.1) is 0 Å². The topological polar surface area (TPSA) is 112 Å². The molecule has 2 fully saturated rings. The van der Waals surface area contributed by atoms with Gasteiger partial charge in [-0.2, -0.15) is 4.98 Å². The van der Waals surface area contributed by atoms with E-state index in [0.29, 0.717) is 17.2 Å². The van der Waals surface area contributed by atoms with Crippen molar-refractivity contribution in [1.29, 1.82) is 0 Å². The first-order valence-corrected chi connectivity index (χ1v) is 7.22. The van der Waals surface area contributed by atoms with Crippen molar-refractivity contribution in [2.24, 2.45) is 5.92 Å².